The topological polar surface area (TPSA) is 29.5 Å². The van der Waals surface area contributed by atoms with E-state index in [2.05, 4.69) is 27.8 Å². The van der Waals surface area contributed by atoms with Gasteiger partial charge in [-0.15, -0.1) is 12.4 Å². The second-order valence-electron chi connectivity index (χ2n) is 3.69. The Morgan fingerprint density at radius 2 is 2.19 bits per heavy atom. The molecule has 0 spiro atoms. The van der Waals surface area contributed by atoms with Gasteiger partial charge >= 0.3 is 5.97 Å². The monoisotopic (exact) mass is 241 g/mol. The number of ether oxygens (including phenoxy) is 1. The van der Waals surface area contributed by atoms with Crippen molar-refractivity contribution in [2.24, 2.45) is 0 Å². The molecule has 0 atom stereocenters. The van der Waals surface area contributed by atoms with Crippen molar-refractivity contribution < 1.29 is 9.53 Å². The van der Waals surface area contributed by atoms with E-state index in [1.165, 1.54) is 18.4 Å². The van der Waals surface area contributed by atoms with Crippen LogP contribution in [0.15, 0.2) is 24.3 Å². The molecule has 0 unspecified atom stereocenters. The number of anilines is 1. The Balaban J connectivity index is 0.00000128. The van der Waals surface area contributed by atoms with Gasteiger partial charge in [-0.1, -0.05) is 18.2 Å². The molecule has 88 valence electrons. The predicted molar refractivity (Wildman–Crippen MR) is 66.2 cm³/mol. The molecule has 0 saturated heterocycles. The average molecular weight is 242 g/mol. The number of carbonyl (C=O) groups is 1. The summed E-state index contributed by atoms with van der Waals surface area (Å²) >= 11 is 0. The highest BCUT2D eigenvalue weighted by Gasteiger charge is 2.18. The van der Waals surface area contributed by atoms with E-state index in [4.69, 9.17) is 0 Å². The molecule has 0 N–H and O–H groups in total. The van der Waals surface area contributed by atoms with Crippen molar-refractivity contribution in [1.29, 1.82) is 0 Å². The van der Waals surface area contributed by atoms with Crippen LogP contribution in [0.2, 0.25) is 0 Å². The van der Waals surface area contributed by atoms with Crippen molar-refractivity contribution >= 4 is 24.1 Å². The quantitative estimate of drug-likeness (QED) is 0.759. The second kappa shape index (κ2) is 5.75. The molecule has 0 fully saturated rings. The van der Waals surface area contributed by atoms with Crippen LogP contribution < -0.4 is 4.90 Å². The maximum Gasteiger partial charge on any atom is 0.307 e. The zero-order valence-electron chi connectivity index (χ0n) is 9.31. The first kappa shape index (κ1) is 12.8. The van der Waals surface area contributed by atoms with E-state index >= 15 is 0 Å². The van der Waals surface area contributed by atoms with Crippen LogP contribution in [0.25, 0.3) is 0 Å². The van der Waals surface area contributed by atoms with Crippen LogP contribution in [-0.4, -0.2) is 26.2 Å². The summed E-state index contributed by atoms with van der Waals surface area (Å²) in [5, 5.41) is 0. The third kappa shape index (κ3) is 2.67. The van der Waals surface area contributed by atoms with E-state index in [9.17, 15) is 4.79 Å². The van der Waals surface area contributed by atoms with Crippen molar-refractivity contribution in [3.8, 4) is 0 Å². The van der Waals surface area contributed by atoms with Crippen LogP contribution in [0, 0.1) is 0 Å². The van der Waals surface area contributed by atoms with Gasteiger partial charge in [-0.05, 0) is 18.1 Å². The summed E-state index contributed by atoms with van der Waals surface area (Å²) in [5.74, 6) is -0.139. The summed E-state index contributed by atoms with van der Waals surface area (Å²) in [6.07, 6.45) is 1.54. The molecule has 0 aliphatic carbocycles. The van der Waals surface area contributed by atoms with E-state index in [1.807, 2.05) is 6.07 Å². The Labute approximate surface area is 102 Å². The Morgan fingerprint density at radius 1 is 1.44 bits per heavy atom. The first-order valence-corrected chi connectivity index (χ1v) is 5.21. The minimum atomic E-state index is -0.139. The van der Waals surface area contributed by atoms with Crippen LogP contribution >= 0.6 is 12.4 Å². The number of rotatable bonds is 3. The molecule has 1 aliphatic rings. The molecule has 2 rings (SSSR count). The molecule has 1 aliphatic heterocycles. The van der Waals surface area contributed by atoms with Crippen LogP contribution in [0.5, 0.6) is 0 Å². The first-order chi connectivity index (χ1) is 7.31. The summed E-state index contributed by atoms with van der Waals surface area (Å²) in [4.78, 5) is 13.3. The Kier molecular flexibility index (Phi) is 4.62. The van der Waals surface area contributed by atoms with Gasteiger partial charge in [0.2, 0.25) is 0 Å². The molecule has 4 heteroatoms. The number of para-hydroxylation sites is 1. The molecule has 0 radical (unpaired) electrons. The van der Waals surface area contributed by atoms with Gasteiger partial charge < -0.3 is 9.64 Å². The van der Waals surface area contributed by atoms with E-state index < -0.39 is 0 Å². The van der Waals surface area contributed by atoms with E-state index in [0.717, 1.165) is 19.5 Å². The molecule has 1 heterocycles. The highest BCUT2D eigenvalue weighted by Crippen LogP contribution is 2.27. The number of methoxy groups -OCH3 is 1. The van der Waals surface area contributed by atoms with Gasteiger partial charge in [0.15, 0.2) is 0 Å². The molecule has 0 bridgehead atoms. The summed E-state index contributed by atoms with van der Waals surface area (Å²) in [6.45, 7) is 1.76. The first-order valence-electron chi connectivity index (χ1n) is 5.21. The van der Waals surface area contributed by atoms with Gasteiger partial charge in [0.25, 0.3) is 0 Å². The van der Waals surface area contributed by atoms with Crippen molar-refractivity contribution in [2.45, 2.75) is 12.8 Å². The SMILES string of the molecule is COC(=O)CCN1CCc2ccccc21.Cl. The Morgan fingerprint density at radius 3 is 2.94 bits per heavy atom. The minimum absolute atomic E-state index is 0. The fourth-order valence-corrected chi connectivity index (χ4v) is 1.97. The largest absolute Gasteiger partial charge is 0.469 e. The molecule has 16 heavy (non-hydrogen) atoms. The molecule has 0 aromatic heterocycles. The Bertz CT molecular complexity index is 368. The summed E-state index contributed by atoms with van der Waals surface area (Å²) in [6, 6.07) is 8.35. The zero-order chi connectivity index (χ0) is 10.7. The summed E-state index contributed by atoms with van der Waals surface area (Å²) in [7, 11) is 1.43. The van der Waals surface area contributed by atoms with Gasteiger partial charge in [-0.25, -0.2) is 0 Å². The molecule has 1 aromatic rings. The highest BCUT2D eigenvalue weighted by molar-refractivity contribution is 5.85. The maximum absolute atomic E-state index is 11.0. The second-order valence-corrected chi connectivity index (χ2v) is 3.69. The number of nitrogens with zero attached hydrogens (tertiary/aromatic N) is 1. The normalized spacial score (nSPS) is 12.9. The molecule has 1 aromatic carbocycles. The summed E-state index contributed by atoms with van der Waals surface area (Å²) < 4.78 is 4.63. The van der Waals surface area contributed by atoms with Gasteiger partial charge in [0.05, 0.1) is 13.5 Å². The number of hydrogen-bond acceptors (Lipinski definition) is 3. The number of halogens is 1. The third-order valence-electron chi connectivity index (χ3n) is 2.80. The lowest BCUT2D eigenvalue weighted by Gasteiger charge is -2.18. The smallest absolute Gasteiger partial charge is 0.307 e. The fourth-order valence-electron chi connectivity index (χ4n) is 1.97. The van der Waals surface area contributed by atoms with E-state index in [-0.39, 0.29) is 18.4 Å². The fraction of sp³-hybridized carbons (Fsp3) is 0.417. The van der Waals surface area contributed by atoms with Crippen LogP contribution in [0.4, 0.5) is 5.69 Å². The lowest BCUT2D eigenvalue weighted by molar-refractivity contribution is -0.140. The van der Waals surface area contributed by atoms with Gasteiger partial charge in [-0.3, -0.25) is 4.79 Å². The van der Waals surface area contributed by atoms with E-state index in [0.29, 0.717) is 6.42 Å². The zero-order valence-corrected chi connectivity index (χ0v) is 10.1. The molecule has 0 saturated carbocycles. The molecule has 0 amide bonds. The summed E-state index contributed by atoms with van der Waals surface area (Å²) in [5.41, 5.74) is 2.64. The number of fused-ring (bicyclic) bond motifs is 1. The standard InChI is InChI=1S/C12H15NO2.ClH/c1-15-12(14)7-9-13-8-6-10-4-2-3-5-11(10)13;/h2-5H,6-9H2,1H3;1H. The minimum Gasteiger partial charge on any atom is -0.469 e. The highest BCUT2D eigenvalue weighted by atomic mass is 35.5. The van der Waals surface area contributed by atoms with Crippen molar-refractivity contribution in [1.82, 2.24) is 0 Å². The van der Waals surface area contributed by atoms with Crippen molar-refractivity contribution in [2.75, 3.05) is 25.1 Å². The van der Waals surface area contributed by atoms with Gasteiger partial charge in [0.1, 0.15) is 0 Å². The average Bonchev–Trinajstić information content (AvgIpc) is 2.69. The molecular formula is C12H16ClNO2. The Hall–Kier alpha value is -1.22. The third-order valence-corrected chi connectivity index (χ3v) is 2.80. The van der Waals surface area contributed by atoms with Gasteiger partial charge in [-0.2, -0.15) is 0 Å². The van der Waals surface area contributed by atoms with Crippen molar-refractivity contribution in [3.63, 3.8) is 0 Å². The van der Waals surface area contributed by atoms with Crippen LogP contribution in [0.1, 0.15) is 12.0 Å². The van der Waals surface area contributed by atoms with Gasteiger partial charge in [0, 0.05) is 18.8 Å². The molecule has 3 nitrogen and oxygen atoms in total. The number of esters is 1. The number of carbonyl (C=O) groups excluding carboxylic acids is 1. The number of benzene rings is 1. The predicted octanol–water partition coefficient (Wildman–Crippen LogP) is 2.03. The van der Waals surface area contributed by atoms with Crippen LogP contribution in [-0.2, 0) is 16.0 Å². The molecular weight excluding hydrogens is 226 g/mol. The lowest BCUT2D eigenvalue weighted by Crippen LogP contribution is -2.24. The van der Waals surface area contributed by atoms with Crippen LogP contribution in [0.3, 0.4) is 0 Å². The van der Waals surface area contributed by atoms with Crippen molar-refractivity contribution in [3.05, 3.63) is 29.8 Å². The lowest BCUT2D eigenvalue weighted by atomic mass is 10.2. The number of hydrogen-bond donors (Lipinski definition) is 0. The maximum atomic E-state index is 11.0. The van der Waals surface area contributed by atoms with E-state index in [1.54, 1.807) is 0 Å².